The fraction of sp³-hybridized carbons (Fsp3) is 0.600. The van der Waals surface area contributed by atoms with Crippen molar-refractivity contribution in [2.75, 3.05) is 5.75 Å². The molecule has 0 saturated heterocycles. The number of hydrogen-bond acceptors (Lipinski definition) is 2. The van der Waals surface area contributed by atoms with Crippen LogP contribution in [0.1, 0.15) is 44.2 Å². The maximum atomic E-state index is 5.91. The second-order valence-electron chi connectivity index (χ2n) is 4.85. The highest BCUT2D eigenvalue weighted by Crippen LogP contribution is 2.26. The van der Waals surface area contributed by atoms with Crippen molar-refractivity contribution in [3.05, 3.63) is 29.3 Å². The molecule has 0 fully saturated rings. The van der Waals surface area contributed by atoms with E-state index in [0.29, 0.717) is 0 Å². The van der Waals surface area contributed by atoms with Crippen molar-refractivity contribution in [1.29, 1.82) is 0 Å². The Bertz CT molecular complexity index is 334. The van der Waals surface area contributed by atoms with E-state index in [1.165, 1.54) is 41.0 Å². The molecule has 0 saturated carbocycles. The zero-order valence-corrected chi connectivity index (χ0v) is 12.1. The lowest BCUT2D eigenvalue weighted by atomic mass is 10.1. The van der Waals surface area contributed by atoms with Crippen LogP contribution >= 0.6 is 11.8 Å². The Morgan fingerprint density at radius 3 is 2.71 bits per heavy atom. The van der Waals surface area contributed by atoms with Crippen molar-refractivity contribution >= 4 is 11.8 Å². The monoisotopic (exact) mass is 251 g/mol. The highest BCUT2D eigenvalue weighted by Gasteiger charge is 2.05. The van der Waals surface area contributed by atoms with E-state index in [1.54, 1.807) is 0 Å². The van der Waals surface area contributed by atoms with Gasteiger partial charge >= 0.3 is 0 Å². The first kappa shape index (κ1) is 14.6. The Labute approximate surface area is 110 Å². The van der Waals surface area contributed by atoms with Gasteiger partial charge in [0.25, 0.3) is 0 Å². The van der Waals surface area contributed by atoms with E-state index < -0.39 is 0 Å². The molecule has 1 nitrogen and oxygen atoms in total. The van der Waals surface area contributed by atoms with Gasteiger partial charge in [0.05, 0.1) is 0 Å². The summed E-state index contributed by atoms with van der Waals surface area (Å²) in [5.74, 6) is 1.23. The zero-order chi connectivity index (χ0) is 12.7. The average molecular weight is 251 g/mol. The maximum Gasteiger partial charge on any atom is 0.0105 e. The molecule has 0 aliphatic heterocycles. The minimum Gasteiger partial charge on any atom is -0.328 e. The van der Waals surface area contributed by atoms with Crippen LogP contribution < -0.4 is 5.73 Å². The van der Waals surface area contributed by atoms with Crippen LogP contribution in [0.3, 0.4) is 0 Å². The van der Waals surface area contributed by atoms with Crippen molar-refractivity contribution in [3.8, 4) is 0 Å². The van der Waals surface area contributed by atoms with Gasteiger partial charge in [0, 0.05) is 10.9 Å². The molecule has 2 N–H and O–H groups in total. The molecule has 2 heteroatoms. The fourth-order valence-corrected chi connectivity index (χ4v) is 2.95. The molecule has 0 bridgehead atoms. The summed E-state index contributed by atoms with van der Waals surface area (Å²) in [6.07, 6.45) is 4.92. The van der Waals surface area contributed by atoms with Crippen LogP contribution in [0.15, 0.2) is 23.1 Å². The summed E-state index contributed by atoms with van der Waals surface area (Å²) in [6, 6.07) is 6.98. The Hall–Kier alpha value is -0.470. The summed E-state index contributed by atoms with van der Waals surface area (Å²) in [5, 5.41) is 0. The number of benzene rings is 1. The van der Waals surface area contributed by atoms with Gasteiger partial charge in [-0.25, -0.2) is 0 Å². The van der Waals surface area contributed by atoms with Gasteiger partial charge < -0.3 is 5.73 Å². The van der Waals surface area contributed by atoms with Crippen LogP contribution in [-0.4, -0.2) is 11.8 Å². The molecule has 96 valence electrons. The summed E-state index contributed by atoms with van der Waals surface area (Å²) in [6.45, 7) is 6.47. The molecule has 0 aliphatic carbocycles. The molecular formula is C15H25NS. The van der Waals surface area contributed by atoms with Gasteiger partial charge in [-0.05, 0) is 44.1 Å². The lowest BCUT2D eigenvalue weighted by Gasteiger charge is -2.12. The molecule has 0 radical (unpaired) electrons. The highest BCUT2D eigenvalue weighted by molar-refractivity contribution is 7.99. The van der Waals surface area contributed by atoms with E-state index >= 15 is 0 Å². The quantitative estimate of drug-likeness (QED) is 0.581. The standard InChI is InChI=1S/C15H25NS/c1-4-5-6-9-17-15-8-7-12(2)10-14(15)11-13(3)16/h7-8,10,13H,4-6,9,11,16H2,1-3H3. The van der Waals surface area contributed by atoms with Crippen LogP contribution in [0.4, 0.5) is 0 Å². The molecule has 1 rings (SSSR count). The number of nitrogens with two attached hydrogens (primary N) is 1. The van der Waals surface area contributed by atoms with Gasteiger partial charge in [-0.3, -0.25) is 0 Å². The first-order valence-corrected chi connectivity index (χ1v) is 7.60. The molecule has 0 spiro atoms. The van der Waals surface area contributed by atoms with Crippen molar-refractivity contribution < 1.29 is 0 Å². The van der Waals surface area contributed by atoms with Gasteiger partial charge in [-0.1, -0.05) is 37.5 Å². The molecule has 1 atom stereocenters. The maximum absolute atomic E-state index is 5.91. The first-order valence-electron chi connectivity index (χ1n) is 6.61. The molecule has 0 amide bonds. The molecule has 1 unspecified atom stereocenters. The van der Waals surface area contributed by atoms with Gasteiger partial charge in [0.2, 0.25) is 0 Å². The predicted octanol–water partition coefficient (Wildman–Crippen LogP) is 4.17. The molecular weight excluding hydrogens is 226 g/mol. The van der Waals surface area contributed by atoms with Gasteiger partial charge in [0.1, 0.15) is 0 Å². The average Bonchev–Trinajstić information content (AvgIpc) is 2.26. The largest absolute Gasteiger partial charge is 0.328 e. The Morgan fingerprint density at radius 1 is 1.29 bits per heavy atom. The number of aryl methyl sites for hydroxylation is 1. The first-order chi connectivity index (χ1) is 8.13. The van der Waals surface area contributed by atoms with Crippen molar-refractivity contribution in [3.63, 3.8) is 0 Å². The van der Waals surface area contributed by atoms with E-state index in [-0.39, 0.29) is 6.04 Å². The van der Waals surface area contributed by atoms with Gasteiger partial charge in [-0.15, -0.1) is 11.8 Å². The number of hydrogen-bond donors (Lipinski definition) is 1. The number of rotatable bonds is 7. The minimum atomic E-state index is 0.242. The molecule has 0 aliphatic rings. The Balaban J connectivity index is 2.62. The van der Waals surface area contributed by atoms with Crippen LogP contribution in [0.2, 0.25) is 0 Å². The summed E-state index contributed by atoms with van der Waals surface area (Å²) >= 11 is 1.98. The third kappa shape index (κ3) is 5.60. The van der Waals surface area contributed by atoms with E-state index in [9.17, 15) is 0 Å². The molecule has 1 aromatic rings. The zero-order valence-electron chi connectivity index (χ0n) is 11.3. The van der Waals surface area contributed by atoms with Gasteiger partial charge in [-0.2, -0.15) is 0 Å². The highest BCUT2D eigenvalue weighted by atomic mass is 32.2. The Kier molecular flexibility index (Phi) is 6.68. The minimum absolute atomic E-state index is 0.242. The second kappa shape index (κ2) is 7.78. The summed E-state index contributed by atoms with van der Waals surface area (Å²) < 4.78 is 0. The third-order valence-electron chi connectivity index (χ3n) is 2.76. The van der Waals surface area contributed by atoms with E-state index in [2.05, 4.69) is 39.0 Å². The summed E-state index contributed by atoms with van der Waals surface area (Å²) in [7, 11) is 0. The van der Waals surface area contributed by atoms with Crippen LogP contribution in [-0.2, 0) is 6.42 Å². The normalized spacial score (nSPS) is 12.7. The summed E-state index contributed by atoms with van der Waals surface area (Å²) in [5.41, 5.74) is 8.66. The van der Waals surface area contributed by atoms with E-state index in [1.807, 2.05) is 11.8 Å². The van der Waals surface area contributed by atoms with Crippen molar-refractivity contribution in [2.24, 2.45) is 5.73 Å². The smallest absolute Gasteiger partial charge is 0.0105 e. The van der Waals surface area contributed by atoms with E-state index in [4.69, 9.17) is 5.73 Å². The number of unbranched alkanes of at least 4 members (excludes halogenated alkanes) is 2. The fourth-order valence-electron chi connectivity index (χ4n) is 1.89. The predicted molar refractivity (Wildman–Crippen MR) is 78.8 cm³/mol. The molecule has 1 aromatic carbocycles. The molecule has 17 heavy (non-hydrogen) atoms. The van der Waals surface area contributed by atoms with Crippen LogP contribution in [0, 0.1) is 6.92 Å². The third-order valence-corrected chi connectivity index (χ3v) is 3.97. The lowest BCUT2D eigenvalue weighted by molar-refractivity contribution is 0.728. The summed E-state index contributed by atoms with van der Waals surface area (Å²) in [4.78, 5) is 1.42. The SMILES string of the molecule is CCCCCSc1ccc(C)cc1CC(C)N. The van der Waals surface area contributed by atoms with Crippen LogP contribution in [0.5, 0.6) is 0 Å². The molecule has 0 aromatic heterocycles. The van der Waals surface area contributed by atoms with Crippen molar-refractivity contribution in [1.82, 2.24) is 0 Å². The molecule has 0 heterocycles. The second-order valence-corrected chi connectivity index (χ2v) is 5.98. The van der Waals surface area contributed by atoms with Crippen LogP contribution in [0.25, 0.3) is 0 Å². The lowest BCUT2D eigenvalue weighted by Crippen LogP contribution is -2.18. The number of thioether (sulfide) groups is 1. The van der Waals surface area contributed by atoms with Gasteiger partial charge in [0.15, 0.2) is 0 Å². The van der Waals surface area contributed by atoms with Crippen molar-refractivity contribution in [2.45, 2.75) is 57.4 Å². The topological polar surface area (TPSA) is 26.0 Å². The van der Waals surface area contributed by atoms with E-state index in [0.717, 1.165) is 6.42 Å². The Morgan fingerprint density at radius 2 is 2.06 bits per heavy atom.